The molecule has 0 aliphatic carbocycles. The van der Waals surface area contributed by atoms with E-state index in [1.165, 1.54) is 24.0 Å². The van der Waals surface area contributed by atoms with Gasteiger partial charge in [-0.15, -0.1) is 0 Å². The molecule has 1 aromatic carbocycles. The predicted molar refractivity (Wildman–Crippen MR) is 113 cm³/mol. The molecule has 2 aromatic rings. The second-order valence-electron chi connectivity index (χ2n) is 7.75. The Morgan fingerprint density at radius 3 is 2.56 bits per heavy atom. The second-order valence-corrected chi connectivity index (χ2v) is 7.75. The van der Waals surface area contributed by atoms with Gasteiger partial charge in [-0.1, -0.05) is 44.2 Å². The number of guanidine groups is 1. The minimum absolute atomic E-state index is 0.0263. The van der Waals surface area contributed by atoms with Crippen LogP contribution in [0.3, 0.4) is 0 Å². The minimum atomic E-state index is 0.0263. The van der Waals surface area contributed by atoms with Crippen molar-refractivity contribution in [2.24, 2.45) is 4.99 Å². The highest BCUT2D eigenvalue weighted by molar-refractivity contribution is 5.79. The van der Waals surface area contributed by atoms with Crippen LogP contribution < -0.4 is 15.5 Å². The Morgan fingerprint density at radius 1 is 1.11 bits per heavy atom. The van der Waals surface area contributed by atoms with Crippen LogP contribution in [0.25, 0.3) is 0 Å². The van der Waals surface area contributed by atoms with E-state index in [2.05, 4.69) is 81.8 Å². The van der Waals surface area contributed by atoms with E-state index in [9.17, 15) is 0 Å². The highest BCUT2D eigenvalue weighted by Gasteiger charge is 2.20. The van der Waals surface area contributed by atoms with Gasteiger partial charge in [0.25, 0.3) is 0 Å². The van der Waals surface area contributed by atoms with E-state index in [-0.39, 0.29) is 5.41 Å². The molecule has 1 fully saturated rings. The molecule has 2 heterocycles. The molecule has 1 aliphatic rings. The molecule has 0 amide bonds. The maximum Gasteiger partial charge on any atom is 0.191 e. The molecule has 0 saturated carbocycles. The third kappa shape index (κ3) is 5.22. The number of nitrogens with zero attached hydrogens (tertiary/aromatic N) is 3. The zero-order valence-electron chi connectivity index (χ0n) is 16.7. The highest BCUT2D eigenvalue weighted by atomic mass is 15.2. The lowest BCUT2D eigenvalue weighted by Gasteiger charge is -2.26. The highest BCUT2D eigenvalue weighted by Crippen LogP contribution is 2.21. The number of anilines is 1. The van der Waals surface area contributed by atoms with Crippen molar-refractivity contribution in [2.45, 2.75) is 38.6 Å². The van der Waals surface area contributed by atoms with Crippen LogP contribution in [0.2, 0.25) is 0 Å². The van der Waals surface area contributed by atoms with E-state index in [0.717, 1.165) is 38.0 Å². The zero-order chi connectivity index (χ0) is 19.1. The lowest BCUT2D eigenvalue weighted by Crippen LogP contribution is -2.43. The fourth-order valence-electron chi connectivity index (χ4n) is 3.39. The molecular formula is C22H31N5. The van der Waals surface area contributed by atoms with Gasteiger partial charge in [0.1, 0.15) is 5.82 Å². The number of benzene rings is 1. The third-order valence-corrected chi connectivity index (χ3v) is 5.18. The predicted octanol–water partition coefficient (Wildman–Crippen LogP) is 3.32. The molecule has 0 bridgehead atoms. The molecule has 0 atom stereocenters. The summed E-state index contributed by atoms with van der Waals surface area (Å²) < 4.78 is 0. The third-order valence-electron chi connectivity index (χ3n) is 5.18. The average molecular weight is 366 g/mol. The van der Waals surface area contributed by atoms with Gasteiger partial charge in [-0.2, -0.15) is 0 Å². The Labute approximate surface area is 162 Å². The summed E-state index contributed by atoms with van der Waals surface area (Å²) in [6, 6.07) is 14.8. The van der Waals surface area contributed by atoms with Crippen LogP contribution in [0.4, 0.5) is 5.82 Å². The Bertz CT molecular complexity index is 748. The summed E-state index contributed by atoms with van der Waals surface area (Å²) >= 11 is 0. The van der Waals surface area contributed by atoms with Gasteiger partial charge in [0, 0.05) is 44.8 Å². The summed E-state index contributed by atoms with van der Waals surface area (Å²) in [6.45, 7) is 8.26. The van der Waals surface area contributed by atoms with E-state index in [0.29, 0.717) is 0 Å². The summed E-state index contributed by atoms with van der Waals surface area (Å²) in [5.41, 5.74) is 2.56. The van der Waals surface area contributed by atoms with Gasteiger partial charge < -0.3 is 15.5 Å². The first-order chi connectivity index (χ1) is 13.1. The molecular weight excluding hydrogens is 334 g/mol. The Morgan fingerprint density at radius 2 is 1.85 bits per heavy atom. The molecule has 0 radical (unpaired) electrons. The van der Waals surface area contributed by atoms with E-state index in [1.54, 1.807) is 0 Å². The monoisotopic (exact) mass is 365 g/mol. The smallest absolute Gasteiger partial charge is 0.191 e. The number of aliphatic imine (C=N–C) groups is 1. The SMILES string of the molecule is CN=C(NCc1ccnc(N2CCCC2)c1)NCC(C)(C)c1ccccc1. The van der Waals surface area contributed by atoms with Crippen molar-refractivity contribution in [2.75, 3.05) is 31.6 Å². The number of hydrogen-bond acceptors (Lipinski definition) is 3. The first-order valence-electron chi connectivity index (χ1n) is 9.78. The largest absolute Gasteiger partial charge is 0.357 e. The van der Waals surface area contributed by atoms with Crippen LogP contribution in [0, 0.1) is 0 Å². The van der Waals surface area contributed by atoms with Gasteiger partial charge in [0.2, 0.25) is 0 Å². The second kappa shape index (κ2) is 8.89. The molecule has 1 aromatic heterocycles. The summed E-state index contributed by atoms with van der Waals surface area (Å²) in [5.74, 6) is 1.90. The van der Waals surface area contributed by atoms with Gasteiger partial charge in [0.15, 0.2) is 5.96 Å². The minimum Gasteiger partial charge on any atom is -0.357 e. The first-order valence-corrected chi connectivity index (χ1v) is 9.78. The van der Waals surface area contributed by atoms with Crippen molar-refractivity contribution in [1.82, 2.24) is 15.6 Å². The molecule has 3 rings (SSSR count). The Hall–Kier alpha value is -2.56. The molecule has 5 nitrogen and oxygen atoms in total. The lowest BCUT2D eigenvalue weighted by molar-refractivity contribution is 0.508. The fourth-order valence-corrected chi connectivity index (χ4v) is 3.39. The topological polar surface area (TPSA) is 52.6 Å². The fraction of sp³-hybridized carbons (Fsp3) is 0.455. The summed E-state index contributed by atoms with van der Waals surface area (Å²) in [6.07, 6.45) is 4.43. The molecule has 1 saturated heterocycles. The number of nitrogens with one attached hydrogen (secondary N) is 2. The van der Waals surface area contributed by atoms with Gasteiger partial charge in [-0.05, 0) is 36.1 Å². The average Bonchev–Trinajstić information content (AvgIpc) is 3.24. The number of hydrogen-bond donors (Lipinski definition) is 2. The van der Waals surface area contributed by atoms with Crippen molar-refractivity contribution >= 4 is 11.8 Å². The Balaban J connectivity index is 1.54. The molecule has 0 spiro atoms. The standard InChI is InChI=1S/C22H31N5/c1-22(2,19-9-5-4-6-10-19)17-26-21(23-3)25-16-18-11-12-24-20(15-18)27-13-7-8-14-27/h4-6,9-12,15H,7-8,13-14,16-17H2,1-3H3,(H2,23,25,26). The maximum absolute atomic E-state index is 4.52. The molecule has 144 valence electrons. The zero-order valence-corrected chi connectivity index (χ0v) is 16.7. The van der Waals surface area contributed by atoms with Crippen LogP contribution in [0.1, 0.15) is 37.8 Å². The first kappa shape index (κ1) is 19.2. The molecule has 1 aliphatic heterocycles. The van der Waals surface area contributed by atoms with Crippen LogP contribution >= 0.6 is 0 Å². The van der Waals surface area contributed by atoms with Crippen molar-refractivity contribution in [1.29, 1.82) is 0 Å². The van der Waals surface area contributed by atoms with Crippen molar-refractivity contribution in [3.8, 4) is 0 Å². The van der Waals surface area contributed by atoms with E-state index >= 15 is 0 Å². The normalized spacial score (nSPS) is 15.1. The van der Waals surface area contributed by atoms with Gasteiger partial charge in [-0.3, -0.25) is 4.99 Å². The number of rotatable bonds is 6. The van der Waals surface area contributed by atoms with Crippen LogP contribution in [0.5, 0.6) is 0 Å². The van der Waals surface area contributed by atoms with Crippen LogP contribution in [0.15, 0.2) is 53.7 Å². The van der Waals surface area contributed by atoms with Gasteiger partial charge in [0.05, 0.1) is 0 Å². The van der Waals surface area contributed by atoms with E-state index in [4.69, 9.17) is 0 Å². The van der Waals surface area contributed by atoms with Crippen molar-refractivity contribution < 1.29 is 0 Å². The lowest BCUT2D eigenvalue weighted by atomic mass is 9.85. The maximum atomic E-state index is 4.52. The van der Waals surface area contributed by atoms with Crippen molar-refractivity contribution in [3.63, 3.8) is 0 Å². The van der Waals surface area contributed by atoms with E-state index in [1.807, 2.05) is 13.2 Å². The molecule has 0 unspecified atom stereocenters. The Kier molecular flexibility index (Phi) is 6.32. The molecule has 27 heavy (non-hydrogen) atoms. The van der Waals surface area contributed by atoms with Gasteiger partial charge in [-0.25, -0.2) is 4.98 Å². The quantitative estimate of drug-likeness (QED) is 0.609. The summed E-state index contributed by atoms with van der Waals surface area (Å²) in [4.78, 5) is 11.3. The van der Waals surface area contributed by atoms with Crippen molar-refractivity contribution in [3.05, 3.63) is 59.8 Å². The molecule has 2 N–H and O–H groups in total. The van der Waals surface area contributed by atoms with Crippen LogP contribution in [-0.2, 0) is 12.0 Å². The summed E-state index contributed by atoms with van der Waals surface area (Å²) in [7, 11) is 1.81. The molecule has 5 heteroatoms. The van der Waals surface area contributed by atoms with E-state index < -0.39 is 0 Å². The number of pyridine rings is 1. The summed E-state index contributed by atoms with van der Waals surface area (Å²) in [5, 5.41) is 6.88. The van der Waals surface area contributed by atoms with Gasteiger partial charge >= 0.3 is 0 Å². The van der Waals surface area contributed by atoms with Crippen LogP contribution in [-0.4, -0.2) is 37.6 Å². The number of aromatic nitrogens is 1.